The molecule has 1 unspecified atom stereocenters. The first-order valence-electron chi connectivity index (χ1n) is 4.47. The average Bonchev–Trinajstić information content (AvgIpc) is 2.01. The van der Waals surface area contributed by atoms with Gasteiger partial charge in [0, 0.05) is 23.7 Å². The van der Waals surface area contributed by atoms with Gasteiger partial charge < -0.3 is 10.4 Å². The molecule has 2 N–H and O–H groups in total. The fourth-order valence-electron chi connectivity index (χ4n) is 1.41. The van der Waals surface area contributed by atoms with Crippen LogP contribution < -0.4 is 5.32 Å². The minimum atomic E-state index is -0.771. The van der Waals surface area contributed by atoms with Crippen molar-refractivity contribution in [3.63, 3.8) is 0 Å². The van der Waals surface area contributed by atoms with Gasteiger partial charge in [0.15, 0.2) is 0 Å². The second-order valence-electron chi connectivity index (χ2n) is 3.10. The molecule has 0 heterocycles. The Labute approximate surface area is 81.6 Å². The number of aromatic hydroxyl groups is 1. The van der Waals surface area contributed by atoms with Crippen molar-refractivity contribution < 1.29 is 13.9 Å². The molecular formula is C10H13F2NO. The number of phenolic OH excluding ortho intramolecular Hbond substituents is 1. The molecular weight excluding hydrogens is 188 g/mol. The topological polar surface area (TPSA) is 32.3 Å². The molecule has 0 amide bonds. The van der Waals surface area contributed by atoms with Gasteiger partial charge in [-0.25, -0.2) is 8.78 Å². The fourth-order valence-corrected chi connectivity index (χ4v) is 1.41. The molecule has 0 aliphatic heterocycles. The van der Waals surface area contributed by atoms with E-state index in [1.807, 2.05) is 6.92 Å². The van der Waals surface area contributed by atoms with E-state index in [-0.39, 0.29) is 17.4 Å². The lowest BCUT2D eigenvalue weighted by Gasteiger charge is -2.15. The number of hydrogen-bond donors (Lipinski definition) is 2. The van der Waals surface area contributed by atoms with E-state index < -0.39 is 11.6 Å². The zero-order valence-corrected chi connectivity index (χ0v) is 8.14. The lowest BCUT2D eigenvalue weighted by Crippen LogP contribution is -2.19. The summed E-state index contributed by atoms with van der Waals surface area (Å²) in [6, 6.07) is 1.34. The molecule has 0 aliphatic carbocycles. The van der Waals surface area contributed by atoms with Crippen LogP contribution in [0.4, 0.5) is 8.78 Å². The van der Waals surface area contributed by atoms with Gasteiger partial charge in [0.25, 0.3) is 0 Å². The van der Waals surface area contributed by atoms with E-state index in [1.54, 1.807) is 6.92 Å². The minimum Gasteiger partial charge on any atom is -0.507 e. The molecule has 0 aromatic heterocycles. The quantitative estimate of drug-likeness (QED) is 0.786. The molecule has 14 heavy (non-hydrogen) atoms. The summed E-state index contributed by atoms with van der Waals surface area (Å²) < 4.78 is 25.9. The Balaban J connectivity index is 3.07. The van der Waals surface area contributed by atoms with Crippen LogP contribution in [0.2, 0.25) is 0 Å². The van der Waals surface area contributed by atoms with Crippen molar-refractivity contribution >= 4 is 0 Å². The molecule has 78 valence electrons. The highest BCUT2D eigenvalue weighted by atomic mass is 19.1. The van der Waals surface area contributed by atoms with Crippen molar-refractivity contribution in [3.8, 4) is 5.75 Å². The van der Waals surface area contributed by atoms with E-state index in [9.17, 15) is 13.9 Å². The number of benzene rings is 1. The maximum atomic E-state index is 13.2. The van der Waals surface area contributed by atoms with Crippen molar-refractivity contribution in [1.29, 1.82) is 0 Å². The zero-order valence-electron chi connectivity index (χ0n) is 8.14. The molecule has 2 nitrogen and oxygen atoms in total. The molecule has 1 atom stereocenters. The second kappa shape index (κ2) is 4.37. The van der Waals surface area contributed by atoms with Gasteiger partial charge in [-0.3, -0.25) is 0 Å². The van der Waals surface area contributed by atoms with Crippen LogP contribution in [0.3, 0.4) is 0 Å². The van der Waals surface area contributed by atoms with Crippen LogP contribution in [0.1, 0.15) is 25.5 Å². The van der Waals surface area contributed by atoms with Gasteiger partial charge in [0.2, 0.25) is 0 Å². The summed E-state index contributed by atoms with van der Waals surface area (Å²) in [5, 5.41) is 12.3. The van der Waals surface area contributed by atoms with Gasteiger partial charge in [-0.15, -0.1) is 0 Å². The smallest absolute Gasteiger partial charge is 0.134 e. The first-order chi connectivity index (χ1) is 6.56. The van der Waals surface area contributed by atoms with Crippen LogP contribution in [0.25, 0.3) is 0 Å². The average molecular weight is 201 g/mol. The van der Waals surface area contributed by atoms with Crippen LogP contribution >= 0.6 is 0 Å². The van der Waals surface area contributed by atoms with E-state index in [0.717, 1.165) is 12.1 Å². The summed E-state index contributed by atoms with van der Waals surface area (Å²) in [5.41, 5.74) is 0.105. The molecule has 0 saturated carbocycles. The summed E-state index contributed by atoms with van der Waals surface area (Å²) in [6.07, 6.45) is 0. The van der Waals surface area contributed by atoms with Crippen LogP contribution in [0.5, 0.6) is 5.75 Å². The number of halogens is 2. The molecule has 0 spiro atoms. The number of rotatable bonds is 3. The number of phenols is 1. The van der Waals surface area contributed by atoms with Crippen LogP contribution in [0.15, 0.2) is 12.1 Å². The molecule has 4 heteroatoms. The van der Waals surface area contributed by atoms with Gasteiger partial charge in [0.05, 0.1) is 0 Å². The molecule has 1 aromatic carbocycles. The maximum Gasteiger partial charge on any atom is 0.134 e. The first kappa shape index (κ1) is 10.9. The summed E-state index contributed by atoms with van der Waals surface area (Å²) >= 11 is 0. The Kier molecular flexibility index (Phi) is 3.41. The second-order valence-corrected chi connectivity index (χ2v) is 3.10. The minimum absolute atomic E-state index is 0.105. The largest absolute Gasteiger partial charge is 0.507 e. The Morgan fingerprint density at radius 3 is 2.57 bits per heavy atom. The molecule has 1 aromatic rings. The third-order valence-corrected chi connectivity index (χ3v) is 2.02. The predicted molar refractivity (Wildman–Crippen MR) is 50.1 cm³/mol. The standard InChI is InChI=1S/C10H13F2NO/c1-3-13-6(2)10-8(12)4-7(11)5-9(10)14/h4-6,13-14H,3H2,1-2H3. The number of nitrogens with one attached hydrogen (secondary N) is 1. The van der Waals surface area contributed by atoms with Crippen molar-refractivity contribution in [2.24, 2.45) is 0 Å². The lowest BCUT2D eigenvalue weighted by atomic mass is 10.1. The Morgan fingerprint density at radius 1 is 1.43 bits per heavy atom. The van der Waals surface area contributed by atoms with Gasteiger partial charge in [-0.2, -0.15) is 0 Å². The highest BCUT2D eigenvalue weighted by Gasteiger charge is 2.16. The van der Waals surface area contributed by atoms with Crippen molar-refractivity contribution in [2.45, 2.75) is 19.9 Å². The fraction of sp³-hybridized carbons (Fsp3) is 0.400. The van der Waals surface area contributed by atoms with Gasteiger partial charge in [0.1, 0.15) is 17.4 Å². The van der Waals surface area contributed by atoms with Gasteiger partial charge >= 0.3 is 0 Å². The SMILES string of the molecule is CCNC(C)c1c(O)cc(F)cc1F. The predicted octanol–water partition coefficient (Wildman–Crippen LogP) is 2.34. The van der Waals surface area contributed by atoms with E-state index >= 15 is 0 Å². The Morgan fingerprint density at radius 2 is 2.07 bits per heavy atom. The molecule has 0 bridgehead atoms. The van der Waals surface area contributed by atoms with Crippen molar-refractivity contribution in [1.82, 2.24) is 5.32 Å². The van der Waals surface area contributed by atoms with Crippen molar-refractivity contribution in [3.05, 3.63) is 29.3 Å². The van der Waals surface area contributed by atoms with E-state index in [0.29, 0.717) is 6.54 Å². The van der Waals surface area contributed by atoms with E-state index in [2.05, 4.69) is 5.32 Å². The Hall–Kier alpha value is -1.16. The monoisotopic (exact) mass is 201 g/mol. The molecule has 0 fully saturated rings. The Bertz CT molecular complexity index is 305. The summed E-state index contributed by atoms with van der Waals surface area (Å²) in [6.45, 7) is 4.23. The summed E-state index contributed by atoms with van der Waals surface area (Å²) in [5.74, 6) is -1.85. The van der Waals surface area contributed by atoms with Crippen LogP contribution in [-0.4, -0.2) is 11.7 Å². The van der Waals surface area contributed by atoms with Gasteiger partial charge in [-0.05, 0) is 13.5 Å². The molecule has 0 saturated heterocycles. The van der Waals surface area contributed by atoms with Gasteiger partial charge in [-0.1, -0.05) is 6.92 Å². The molecule has 1 rings (SSSR count). The molecule has 0 aliphatic rings. The summed E-state index contributed by atoms with van der Waals surface area (Å²) in [7, 11) is 0. The lowest BCUT2D eigenvalue weighted by molar-refractivity contribution is 0.432. The van der Waals surface area contributed by atoms with E-state index in [1.165, 1.54) is 0 Å². The zero-order chi connectivity index (χ0) is 10.7. The van der Waals surface area contributed by atoms with E-state index in [4.69, 9.17) is 0 Å². The highest BCUT2D eigenvalue weighted by Crippen LogP contribution is 2.27. The normalized spacial score (nSPS) is 12.9. The van der Waals surface area contributed by atoms with Crippen LogP contribution in [-0.2, 0) is 0 Å². The summed E-state index contributed by atoms with van der Waals surface area (Å²) in [4.78, 5) is 0. The third kappa shape index (κ3) is 2.20. The third-order valence-electron chi connectivity index (χ3n) is 2.02. The van der Waals surface area contributed by atoms with Crippen molar-refractivity contribution in [2.75, 3.05) is 6.54 Å². The highest BCUT2D eigenvalue weighted by molar-refractivity contribution is 5.36. The van der Waals surface area contributed by atoms with Crippen LogP contribution in [0, 0.1) is 11.6 Å². The number of hydrogen-bond acceptors (Lipinski definition) is 2. The maximum absolute atomic E-state index is 13.2. The first-order valence-corrected chi connectivity index (χ1v) is 4.47. The molecule has 0 radical (unpaired) electrons.